The van der Waals surface area contributed by atoms with Crippen LogP contribution in [0.3, 0.4) is 0 Å². The third-order valence-corrected chi connectivity index (χ3v) is 4.46. The van der Waals surface area contributed by atoms with Crippen LogP contribution in [0.2, 0.25) is 0 Å². The van der Waals surface area contributed by atoms with Crippen molar-refractivity contribution in [3.63, 3.8) is 0 Å². The Morgan fingerprint density at radius 1 is 1.40 bits per heavy atom. The van der Waals surface area contributed by atoms with Crippen LogP contribution < -0.4 is 11.3 Å². The molecule has 3 N–H and O–H groups in total. The number of benzene rings is 1. The zero-order valence-corrected chi connectivity index (χ0v) is 12.1. The molecule has 3 rings (SSSR count). The van der Waals surface area contributed by atoms with Gasteiger partial charge in [-0.3, -0.25) is 5.84 Å². The number of fused-ring (bicyclic) bond motifs is 1. The van der Waals surface area contributed by atoms with Gasteiger partial charge in [-0.15, -0.1) is 16.4 Å². The summed E-state index contributed by atoms with van der Waals surface area (Å²) in [6.45, 7) is 2.97. The van der Waals surface area contributed by atoms with Gasteiger partial charge in [0.2, 0.25) is 0 Å². The lowest BCUT2D eigenvalue weighted by Gasteiger charge is -2.15. The first-order valence-electron chi connectivity index (χ1n) is 6.66. The van der Waals surface area contributed by atoms with Crippen LogP contribution in [0.15, 0.2) is 36.5 Å². The highest BCUT2D eigenvalue weighted by molar-refractivity contribution is 7.19. The number of nitrogens with two attached hydrogens (primary N) is 1. The maximum absolute atomic E-state index is 5.77. The van der Waals surface area contributed by atoms with Gasteiger partial charge in [-0.25, -0.2) is 10.1 Å². The molecule has 0 aliphatic heterocycles. The van der Waals surface area contributed by atoms with Gasteiger partial charge in [0, 0.05) is 16.1 Å². The fraction of sp³-hybridized carbons (Fsp3) is 0.286. The van der Waals surface area contributed by atoms with Gasteiger partial charge in [0.1, 0.15) is 0 Å². The number of hydrazine groups is 1. The Balaban J connectivity index is 2.02. The van der Waals surface area contributed by atoms with Crippen molar-refractivity contribution in [2.75, 3.05) is 0 Å². The second kappa shape index (κ2) is 5.70. The Labute approximate surface area is 121 Å². The molecule has 20 heavy (non-hydrogen) atoms. The van der Waals surface area contributed by atoms with Crippen molar-refractivity contribution >= 4 is 21.4 Å². The van der Waals surface area contributed by atoms with Crippen molar-refractivity contribution in [2.24, 2.45) is 5.84 Å². The van der Waals surface area contributed by atoms with Gasteiger partial charge in [0.05, 0.1) is 17.9 Å². The minimum atomic E-state index is -0.0750. The van der Waals surface area contributed by atoms with E-state index in [1.165, 1.54) is 15.0 Å². The molecular weight excluding hydrogens is 270 g/mol. The van der Waals surface area contributed by atoms with Crippen LogP contribution in [-0.2, 0) is 6.54 Å². The van der Waals surface area contributed by atoms with Crippen molar-refractivity contribution in [3.8, 4) is 0 Å². The molecule has 0 bridgehead atoms. The summed E-state index contributed by atoms with van der Waals surface area (Å²) >= 11 is 1.74. The van der Waals surface area contributed by atoms with Crippen molar-refractivity contribution in [2.45, 2.75) is 25.9 Å². The number of hydrogen-bond acceptors (Lipinski definition) is 5. The Morgan fingerprint density at radius 3 is 3.00 bits per heavy atom. The van der Waals surface area contributed by atoms with Crippen molar-refractivity contribution in [3.05, 3.63) is 47.1 Å². The summed E-state index contributed by atoms with van der Waals surface area (Å²) in [7, 11) is 0. The predicted molar refractivity (Wildman–Crippen MR) is 81.3 cm³/mol. The van der Waals surface area contributed by atoms with E-state index < -0.39 is 0 Å². The molecule has 5 nitrogen and oxygen atoms in total. The van der Waals surface area contributed by atoms with Gasteiger partial charge in [0.15, 0.2) is 0 Å². The van der Waals surface area contributed by atoms with E-state index in [4.69, 9.17) is 5.84 Å². The zero-order chi connectivity index (χ0) is 13.9. The molecule has 6 heteroatoms. The monoisotopic (exact) mass is 287 g/mol. The third-order valence-electron chi connectivity index (χ3n) is 3.27. The summed E-state index contributed by atoms with van der Waals surface area (Å²) < 4.78 is 3.17. The second-order valence-corrected chi connectivity index (χ2v) is 5.78. The first kappa shape index (κ1) is 13.2. The summed E-state index contributed by atoms with van der Waals surface area (Å²) in [6.07, 6.45) is 2.80. The summed E-state index contributed by atoms with van der Waals surface area (Å²) in [4.78, 5) is 1.17. The molecule has 0 radical (unpaired) electrons. The summed E-state index contributed by atoms with van der Waals surface area (Å²) in [6, 6.07) is 10.4. The van der Waals surface area contributed by atoms with Crippen LogP contribution in [0, 0.1) is 0 Å². The third kappa shape index (κ3) is 2.33. The van der Waals surface area contributed by atoms with E-state index in [0.29, 0.717) is 0 Å². The number of rotatable bonds is 5. The lowest BCUT2D eigenvalue weighted by molar-refractivity contribution is 0.515. The van der Waals surface area contributed by atoms with Gasteiger partial charge in [-0.1, -0.05) is 30.3 Å². The van der Waals surface area contributed by atoms with Gasteiger partial charge in [-0.05, 0) is 23.9 Å². The van der Waals surface area contributed by atoms with Crippen molar-refractivity contribution in [1.29, 1.82) is 0 Å². The van der Waals surface area contributed by atoms with Gasteiger partial charge in [0.25, 0.3) is 0 Å². The number of nitrogens with one attached hydrogen (secondary N) is 1. The number of nitrogens with zero attached hydrogens (tertiary/aromatic N) is 3. The molecule has 0 saturated carbocycles. The van der Waals surface area contributed by atoms with Crippen LogP contribution in [-0.4, -0.2) is 15.0 Å². The number of thiophene rings is 1. The Kier molecular flexibility index (Phi) is 3.77. The highest BCUT2D eigenvalue weighted by Crippen LogP contribution is 2.32. The van der Waals surface area contributed by atoms with E-state index in [-0.39, 0.29) is 6.04 Å². The topological polar surface area (TPSA) is 68.8 Å². The van der Waals surface area contributed by atoms with E-state index in [9.17, 15) is 0 Å². The standard InChI is InChI=1S/C14H17N5S/c1-2-7-19-11(9-16-18-19)14(17-15)13-8-10-5-3-4-6-12(10)20-13/h3-6,8-9,14,17H,2,7,15H2,1H3. The molecule has 2 aromatic heterocycles. The average molecular weight is 287 g/mol. The summed E-state index contributed by atoms with van der Waals surface area (Å²) in [5.41, 5.74) is 3.89. The van der Waals surface area contributed by atoms with E-state index >= 15 is 0 Å². The van der Waals surface area contributed by atoms with Crippen LogP contribution in [0.1, 0.15) is 30.0 Å². The first-order valence-corrected chi connectivity index (χ1v) is 7.48. The molecule has 1 atom stereocenters. The van der Waals surface area contributed by atoms with Crippen molar-refractivity contribution < 1.29 is 0 Å². The fourth-order valence-electron chi connectivity index (χ4n) is 2.33. The maximum Gasteiger partial charge on any atom is 0.0986 e. The Morgan fingerprint density at radius 2 is 2.25 bits per heavy atom. The molecule has 104 valence electrons. The summed E-state index contributed by atoms with van der Waals surface area (Å²) in [5, 5.41) is 9.38. The lowest BCUT2D eigenvalue weighted by Crippen LogP contribution is -2.30. The van der Waals surface area contributed by atoms with E-state index in [1.807, 2.05) is 10.7 Å². The molecule has 0 aliphatic rings. The predicted octanol–water partition coefficient (Wildman–Crippen LogP) is 2.46. The normalized spacial score (nSPS) is 12.9. The van der Waals surface area contributed by atoms with Gasteiger partial charge < -0.3 is 0 Å². The van der Waals surface area contributed by atoms with Crippen LogP contribution in [0.4, 0.5) is 0 Å². The minimum Gasteiger partial charge on any atom is -0.270 e. The molecule has 0 amide bonds. The second-order valence-electron chi connectivity index (χ2n) is 4.67. The highest BCUT2D eigenvalue weighted by atomic mass is 32.1. The van der Waals surface area contributed by atoms with Crippen LogP contribution in [0.5, 0.6) is 0 Å². The SMILES string of the molecule is CCCn1nncc1C(NN)c1cc2ccccc2s1. The Bertz CT molecular complexity index is 669. The maximum atomic E-state index is 5.77. The Hall–Kier alpha value is -1.76. The van der Waals surface area contributed by atoms with Gasteiger partial charge in [-0.2, -0.15) is 0 Å². The zero-order valence-electron chi connectivity index (χ0n) is 11.3. The molecule has 0 saturated heterocycles. The largest absolute Gasteiger partial charge is 0.270 e. The molecule has 1 aromatic carbocycles. The highest BCUT2D eigenvalue weighted by Gasteiger charge is 2.19. The van der Waals surface area contributed by atoms with Crippen LogP contribution in [0.25, 0.3) is 10.1 Å². The minimum absolute atomic E-state index is 0.0750. The molecular formula is C14H17N5S. The molecule has 2 heterocycles. The number of hydrogen-bond donors (Lipinski definition) is 2. The van der Waals surface area contributed by atoms with Crippen LogP contribution >= 0.6 is 11.3 Å². The average Bonchev–Trinajstić information content (AvgIpc) is 3.07. The first-order chi connectivity index (χ1) is 9.83. The van der Waals surface area contributed by atoms with E-state index in [1.54, 1.807) is 17.5 Å². The quantitative estimate of drug-likeness (QED) is 0.558. The number of aryl methyl sites for hydroxylation is 1. The van der Waals surface area contributed by atoms with Gasteiger partial charge >= 0.3 is 0 Å². The molecule has 3 aromatic rings. The van der Waals surface area contributed by atoms with E-state index in [2.05, 4.69) is 46.9 Å². The fourth-order valence-corrected chi connectivity index (χ4v) is 3.47. The number of aromatic nitrogens is 3. The van der Waals surface area contributed by atoms with E-state index in [0.717, 1.165) is 18.7 Å². The lowest BCUT2D eigenvalue weighted by atomic mass is 10.1. The van der Waals surface area contributed by atoms with Crippen molar-refractivity contribution in [1.82, 2.24) is 20.4 Å². The molecule has 0 fully saturated rings. The molecule has 0 spiro atoms. The summed E-state index contributed by atoms with van der Waals surface area (Å²) in [5.74, 6) is 5.77. The molecule has 0 aliphatic carbocycles. The molecule has 1 unspecified atom stereocenters. The smallest absolute Gasteiger partial charge is 0.0986 e.